The molecule has 42 heavy (non-hydrogen) atoms. The van der Waals surface area contributed by atoms with Crippen LogP contribution in [0.3, 0.4) is 0 Å². The summed E-state index contributed by atoms with van der Waals surface area (Å²) in [5, 5.41) is 0. The second-order valence-electron chi connectivity index (χ2n) is 11.9. The van der Waals surface area contributed by atoms with Gasteiger partial charge in [0.05, 0.1) is 0 Å². The van der Waals surface area contributed by atoms with Crippen molar-refractivity contribution in [2.75, 3.05) is 0 Å². The van der Waals surface area contributed by atoms with Crippen LogP contribution in [0, 0.1) is 23.4 Å². The van der Waals surface area contributed by atoms with Gasteiger partial charge < -0.3 is 0 Å². The third-order valence-electron chi connectivity index (χ3n) is 8.80. The zero-order valence-corrected chi connectivity index (χ0v) is 25.5. The van der Waals surface area contributed by atoms with Crippen molar-refractivity contribution < 1.29 is 13.2 Å². The molecule has 0 N–H and O–H groups in total. The van der Waals surface area contributed by atoms with Crippen LogP contribution in [0.15, 0.2) is 72.8 Å². The highest BCUT2D eigenvalue weighted by molar-refractivity contribution is 5.74. The lowest BCUT2D eigenvalue weighted by atomic mass is 9.84. The van der Waals surface area contributed by atoms with E-state index in [2.05, 4.69) is 32.1 Å². The summed E-state index contributed by atoms with van der Waals surface area (Å²) in [5.41, 5.74) is 4.73. The number of hydrogen-bond donors (Lipinski definition) is 0. The highest BCUT2D eigenvalue weighted by atomic mass is 19.2. The molecule has 0 aliphatic heterocycles. The molecule has 1 aliphatic rings. The van der Waals surface area contributed by atoms with Gasteiger partial charge >= 0.3 is 0 Å². The highest BCUT2D eigenvalue weighted by Crippen LogP contribution is 2.35. The van der Waals surface area contributed by atoms with Crippen molar-refractivity contribution in [3.8, 4) is 22.3 Å². The molecule has 224 valence electrons. The smallest absolute Gasteiger partial charge is 0.166 e. The summed E-state index contributed by atoms with van der Waals surface area (Å²) in [6.45, 7) is 4.27. The van der Waals surface area contributed by atoms with E-state index in [1.807, 2.05) is 24.3 Å². The Hall–Kier alpha value is -3.07. The van der Waals surface area contributed by atoms with Gasteiger partial charge in [-0.15, -0.1) is 0 Å². The molecule has 3 aromatic rings. The Morgan fingerprint density at radius 2 is 1.40 bits per heavy atom. The van der Waals surface area contributed by atoms with Gasteiger partial charge in [0.1, 0.15) is 5.82 Å². The van der Waals surface area contributed by atoms with Gasteiger partial charge in [-0.05, 0) is 91.7 Å². The molecule has 0 saturated heterocycles. The molecule has 0 radical (unpaired) electrons. The van der Waals surface area contributed by atoms with Crippen LogP contribution in [0.5, 0.6) is 0 Å². The van der Waals surface area contributed by atoms with E-state index in [-0.39, 0.29) is 11.4 Å². The summed E-state index contributed by atoms with van der Waals surface area (Å²) >= 11 is 0. The van der Waals surface area contributed by atoms with Crippen LogP contribution >= 0.6 is 0 Å². The fraction of sp³-hybridized carbons (Fsp3) is 0.436. The zero-order valence-electron chi connectivity index (χ0n) is 25.5. The normalized spacial score (nSPS) is 15.4. The molecule has 1 atom stereocenters. The molecule has 0 heterocycles. The van der Waals surface area contributed by atoms with E-state index in [0.717, 1.165) is 61.6 Å². The van der Waals surface area contributed by atoms with Gasteiger partial charge in [0.25, 0.3) is 0 Å². The second-order valence-corrected chi connectivity index (χ2v) is 11.9. The fourth-order valence-corrected chi connectivity index (χ4v) is 6.15. The summed E-state index contributed by atoms with van der Waals surface area (Å²) in [7, 11) is 0. The van der Waals surface area contributed by atoms with Gasteiger partial charge in [0.2, 0.25) is 0 Å². The minimum Gasteiger partial charge on any atom is -0.206 e. The number of halogens is 3. The Bertz CT molecular complexity index is 1330. The Morgan fingerprint density at radius 1 is 0.738 bits per heavy atom. The van der Waals surface area contributed by atoms with E-state index in [4.69, 9.17) is 0 Å². The Morgan fingerprint density at radius 3 is 2.07 bits per heavy atom. The van der Waals surface area contributed by atoms with Crippen LogP contribution < -0.4 is 0 Å². The van der Waals surface area contributed by atoms with Gasteiger partial charge in [-0.2, -0.15) is 0 Å². The minimum atomic E-state index is -0.792. The van der Waals surface area contributed by atoms with E-state index in [1.54, 1.807) is 30.3 Å². The van der Waals surface area contributed by atoms with Gasteiger partial charge in [0, 0.05) is 11.1 Å². The van der Waals surface area contributed by atoms with Crippen molar-refractivity contribution in [2.45, 2.75) is 104 Å². The minimum absolute atomic E-state index is 0.213. The maximum atomic E-state index is 15.2. The molecule has 0 nitrogen and oxygen atoms in total. The summed E-state index contributed by atoms with van der Waals surface area (Å²) in [5.74, 6) is -1.07. The molecule has 0 spiro atoms. The molecule has 1 aliphatic carbocycles. The lowest BCUT2D eigenvalue weighted by Crippen LogP contribution is -2.06. The lowest BCUT2D eigenvalue weighted by molar-refractivity contribution is 0.453. The van der Waals surface area contributed by atoms with Gasteiger partial charge in [-0.25, -0.2) is 13.2 Å². The number of unbranched alkanes of at least 4 members (excludes halogenated alkanes) is 7. The van der Waals surface area contributed by atoms with Crippen LogP contribution in [0.1, 0.15) is 108 Å². The molecule has 0 saturated carbocycles. The maximum Gasteiger partial charge on any atom is 0.166 e. The second kappa shape index (κ2) is 16.5. The first-order valence-corrected chi connectivity index (χ1v) is 16.2. The molecule has 0 fully saturated rings. The zero-order chi connectivity index (χ0) is 29.7. The number of rotatable bonds is 15. The predicted molar refractivity (Wildman–Crippen MR) is 173 cm³/mol. The van der Waals surface area contributed by atoms with Crippen molar-refractivity contribution in [3.05, 3.63) is 101 Å². The van der Waals surface area contributed by atoms with E-state index in [9.17, 15) is 4.39 Å². The summed E-state index contributed by atoms with van der Waals surface area (Å²) < 4.78 is 45.2. The summed E-state index contributed by atoms with van der Waals surface area (Å²) in [4.78, 5) is 0. The van der Waals surface area contributed by atoms with Gasteiger partial charge in [0.15, 0.2) is 11.6 Å². The first-order valence-electron chi connectivity index (χ1n) is 16.2. The van der Waals surface area contributed by atoms with Crippen molar-refractivity contribution in [2.24, 2.45) is 5.92 Å². The number of benzene rings is 3. The molecule has 1 unspecified atom stereocenters. The van der Waals surface area contributed by atoms with E-state index >= 15 is 8.78 Å². The van der Waals surface area contributed by atoms with Crippen LogP contribution in [-0.2, 0) is 6.42 Å². The monoisotopic (exact) mass is 572 g/mol. The third-order valence-corrected chi connectivity index (χ3v) is 8.80. The fourth-order valence-electron chi connectivity index (χ4n) is 6.15. The van der Waals surface area contributed by atoms with Crippen LogP contribution in [0.25, 0.3) is 27.8 Å². The Balaban J connectivity index is 1.35. The molecule has 0 bridgehead atoms. The highest BCUT2D eigenvalue weighted by Gasteiger charge is 2.18. The molecular weight excluding hydrogens is 525 g/mol. The van der Waals surface area contributed by atoms with Crippen LogP contribution in [0.4, 0.5) is 13.2 Å². The van der Waals surface area contributed by atoms with Crippen molar-refractivity contribution in [1.82, 2.24) is 0 Å². The van der Waals surface area contributed by atoms with Crippen molar-refractivity contribution >= 4 is 5.57 Å². The molecular formula is C39H47F3. The number of aryl methyl sites for hydroxylation is 1. The number of allylic oxidation sites excluding steroid dienone is 4. The average molecular weight is 573 g/mol. The number of hydrogen-bond acceptors (Lipinski definition) is 0. The van der Waals surface area contributed by atoms with Crippen molar-refractivity contribution in [3.63, 3.8) is 0 Å². The maximum absolute atomic E-state index is 15.2. The molecule has 0 aromatic heterocycles. The van der Waals surface area contributed by atoms with Gasteiger partial charge in [-0.1, -0.05) is 119 Å². The topological polar surface area (TPSA) is 0 Å². The SMILES string of the molecule is C/C=C/CCC1CC=C(c2ccc(-c3ccc(-c4ccc(CCCCCCCCCC)c(F)c4F)cc3)cc2F)CC1. The predicted octanol–water partition coefficient (Wildman–Crippen LogP) is 12.7. The standard InChI is InChI=1S/C39H47F3/c1-3-5-7-8-9-10-11-13-15-33-24-27-36(39(42)38(33)41)32-22-20-30(21-23-32)34-25-26-35(37(40)28-34)31-18-16-29(17-19-31)14-12-6-4-2/h4,6,18,20-29H,3,5,7-17,19H2,1-2H3/b6-4+. The molecule has 3 aromatic carbocycles. The Kier molecular flexibility index (Phi) is 12.5. The van der Waals surface area contributed by atoms with Gasteiger partial charge in [-0.3, -0.25) is 0 Å². The largest absolute Gasteiger partial charge is 0.206 e. The van der Waals surface area contributed by atoms with Crippen LogP contribution in [-0.4, -0.2) is 0 Å². The van der Waals surface area contributed by atoms with Crippen molar-refractivity contribution in [1.29, 1.82) is 0 Å². The first kappa shape index (κ1) is 31.9. The molecule has 0 amide bonds. The molecule has 3 heteroatoms. The third kappa shape index (κ3) is 8.72. The molecule has 4 rings (SSSR count). The first-order chi connectivity index (χ1) is 20.5. The summed E-state index contributed by atoms with van der Waals surface area (Å²) in [6, 6.07) is 16.1. The van der Waals surface area contributed by atoms with Crippen LogP contribution in [0.2, 0.25) is 0 Å². The van der Waals surface area contributed by atoms with E-state index in [1.165, 1.54) is 38.5 Å². The Labute approximate surface area is 251 Å². The average Bonchev–Trinajstić information content (AvgIpc) is 3.01. The van der Waals surface area contributed by atoms with E-state index < -0.39 is 11.6 Å². The lowest BCUT2D eigenvalue weighted by Gasteiger charge is -2.22. The summed E-state index contributed by atoms with van der Waals surface area (Å²) in [6.07, 6.45) is 21.8. The quantitative estimate of drug-likeness (QED) is 0.125. The van der Waals surface area contributed by atoms with E-state index in [0.29, 0.717) is 29.0 Å².